The van der Waals surface area contributed by atoms with Crippen LogP contribution in [0.25, 0.3) is 0 Å². The first kappa shape index (κ1) is 15.0. The van der Waals surface area contributed by atoms with E-state index in [0.717, 1.165) is 4.88 Å². The Kier molecular flexibility index (Phi) is 5.11. The number of amides is 1. The molecule has 1 heterocycles. The minimum atomic E-state index is -0.439. The molecule has 2 rings (SSSR count). The Hall–Kier alpha value is -1.43. The summed E-state index contributed by atoms with van der Waals surface area (Å²) < 4.78 is 19.0. The van der Waals surface area contributed by atoms with Crippen LogP contribution in [0.15, 0.2) is 36.4 Å². The number of thiophene rings is 1. The third-order valence-corrected chi connectivity index (χ3v) is 4.05. The molecule has 20 heavy (non-hydrogen) atoms. The van der Waals surface area contributed by atoms with E-state index in [9.17, 15) is 9.18 Å². The number of methoxy groups -OCH3 is 1. The smallest absolute Gasteiger partial charge is 0.251 e. The van der Waals surface area contributed by atoms with Crippen LogP contribution in [0.3, 0.4) is 0 Å². The summed E-state index contributed by atoms with van der Waals surface area (Å²) in [7, 11) is 1.56. The zero-order valence-electron chi connectivity index (χ0n) is 10.7. The number of benzene rings is 1. The molecule has 1 amide bonds. The van der Waals surface area contributed by atoms with Gasteiger partial charge in [-0.15, -0.1) is 11.3 Å². The van der Waals surface area contributed by atoms with Gasteiger partial charge in [-0.25, -0.2) is 4.39 Å². The molecule has 106 valence electrons. The first-order valence-corrected chi connectivity index (χ1v) is 7.11. The highest BCUT2D eigenvalue weighted by molar-refractivity contribution is 7.16. The van der Waals surface area contributed by atoms with Gasteiger partial charge in [0, 0.05) is 24.1 Å². The first-order chi connectivity index (χ1) is 9.60. The van der Waals surface area contributed by atoms with E-state index < -0.39 is 5.82 Å². The zero-order chi connectivity index (χ0) is 14.5. The highest BCUT2D eigenvalue weighted by atomic mass is 35.5. The van der Waals surface area contributed by atoms with Gasteiger partial charge in [0.05, 0.1) is 4.34 Å². The van der Waals surface area contributed by atoms with Gasteiger partial charge in [0.1, 0.15) is 11.9 Å². The van der Waals surface area contributed by atoms with E-state index >= 15 is 0 Å². The second-order valence-electron chi connectivity index (χ2n) is 4.09. The predicted molar refractivity (Wildman–Crippen MR) is 77.8 cm³/mol. The van der Waals surface area contributed by atoms with Crippen molar-refractivity contribution in [2.75, 3.05) is 13.7 Å². The van der Waals surface area contributed by atoms with Crippen LogP contribution in [-0.2, 0) is 4.74 Å². The van der Waals surface area contributed by atoms with E-state index in [1.54, 1.807) is 19.2 Å². The van der Waals surface area contributed by atoms with Crippen molar-refractivity contribution in [3.63, 3.8) is 0 Å². The fourth-order valence-electron chi connectivity index (χ4n) is 1.72. The lowest BCUT2D eigenvalue weighted by atomic mass is 10.2. The van der Waals surface area contributed by atoms with Crippen molar-refractivity contribution in [3.05, 3.63) is 57.0 Å². The van der Waals surface area contributed by atoms with Gasteiger partial charge in [-0.05, 0) is 30.3 Å². The van der Waals surface area contributed by atoms with Crippen LogP contribution < -0.4 is 5.32 Å². The van der Waals surface area contributed by atoms with Crippen molar-refractivity contribution in [1.82, 2.24) is 5.32 Å². The van der Waals surface area contributed by atoms with Crippen molar-refractivity contribution >= 4 is 28.8 Å². The molecule has 1 aromatic heterocycles. The van der Waals surface area contributed by atoms with Crippen molar-refractivity contribution in [2.45, 2.75) is 6.10 Å². The highest BCUT2D eigenvalue weighted by Crippen LogP contribution is 2.28. The molecule has 0 aliphatic carbocycles. The number of halogens is 2. The van der Waals surface area contributed by atoms with Crippen LogP contribution in [0.2, 0.25) is 4.34 Å². The molecule has 0 bridgehead atoms. The van der Waals surface area contributed by atoms with Gasteiger partial charge in [0.15, 0.2) is 0 Å². The van der Waals surface area contributed by atoms with Crippen LogP contribution >= 0.6 is 22.9 Å². The van der Waals surface area contributed by atoms with Gasteiger partial charge in [-0.1, -0.05) is 17.7 Å². The largest absolute Gasteiger partial charge is 0.374 e. The third-order valence-electron chi connectivity index (χ3n) is 2.73. The first-order valence-electron chi connectivity index (χ1n) is 5.92. The second kappa shape index (κ2) is 6.83. The number of ether oxygens (including phenoxy) is 1. The zero-order valence-corrected chi connectivity index (χ0v) is 12.3. The molecule has 0 spiro atoms. The van der Waals surface area contributed by atoms with Crippen LogP contribution in [0, 0.1) is 5.82 Å². The minimum Gasteiger partial charge on any atom is -0.374 e. The Labute approximate surface area is 125 Å². The molecule has 0 unspecified atom stereocenters. The lowest BCUT2D eigenvalue weighted by molar-refractivity contribution is 0.0837. The summed E-state index contributed by atoms with van der Waals surface area (Å²) in [5.41, 5.74) is 0.282. The Bertz CT molecular complexity index is 602. The summed E-state index contributed by atoms with van der Waals surface area (Å²) in [5, 5.41) is 2.72. The molecule has 1 aromatic carbocycles. The quantitative estimate of drug-likeness (QED) is 0.915. The normalized spacial score (nSPS) is 12.2. The maximum atomic E-state index is 13.0. The number of rotatable bonds is 5. The molecule has 0 aliphatic heterocycles. The van der Waals surface area contributed by atoms with E-state index in [2.05, 4.69) is 5.32 Å². The fourth-order valence-corrected chi connectivity index (χ4v) is 2.86. The summed E-state index contributed by atoms with van der Waals surface area (Å²) in [6.07, 6.45) is -0.273. The molecule has 0 fully saturated rings. The fraction of sp³-hybridized carbons (Fsp3) is 0.214. The molecule has 0 saturated heterocycles. The molecular formula is C14H13ClFNO2S. The number of carbonyl (C=O) groups is 1. The molecule has 3 nitrogen and oxygen atoms in total. The Morgan fingerprint density at radius 2 is 2.25 bits per heavy atom. The second-order valence-corrected chi connectivity index (χ2v) is 5.83. The van der Waals surface area contributed by atoms with Crippen LogP contribution in [0.1, 0.15) is 21.3 Å². The Morgan fingerprint density at radius 3 is 2.85 bits per heavy atom. The SMILES string of the molecule is CO[C@@H](CNC(=O)c1cccc(F)c1)c1ccc(Cl)s1. The van der Waals surface area contributed by atoms with Crippen LogP contribution in [-0.4, -0.2) is 19.6 Å². The lowest BCUT2D eigenvalue weighted by Gasteiger charge is -2.14. The Morgan fingerprint density at radius 1 is 1.45 bits per heavy atom. The molecule has 1 atom stereocenters. The molecular weight excluding hydrogens is 301 g/mol. The van der Waals surface area contributed by atoms with E-state index in [0.29, 0.717) is 10.9 Å². The average Bonchev–Trinajstić information content (AvgIpc) is 2.86. The molecule has 0 aliphatic rings. The summed E-state index contributed by atoms with van der Waals surface area (Å²) in [6.45, 7) is 0.294. The summed E-state index contributed by atoms with van der Waals surface area (Å²) in [4.78, 5) is 12.8. The van der Waals surface area contributed by atoms with Gasteiger partial charge in [-0.3, -0.25) is 4.79 Å². The van der Waals surface area contributed by atoms with Gasteiger partial charge in [0.2, 0.25) is 0 Å². The van der Waals surface area contributed by atoms with Gasteiger partial charge in [-0.2, -0.15) is 0 Å². The van der Waals surface area contributed by atoms with E-state index in [-0.39, 0.29) is 17.6 Å². The van der Waals surface area contributed by atoms with Gasteiger partial charge >= 0.3 is 0 Å². The monoisotopic (exact) mass is 313 g/mol. The molecule has 1 N–H and O–H groups in total. The standard InChI is InChI=1S/C14H13ClFNO2S/c1-19-11(12-5-6-13(15)20-12)8-17-14(18)9-3-2-4-10(16)7-9/h2-7,11H,8H2,1H3,(H,17,18)/t11-/m0/s1. The van der Waals surface area contributed by atoms with Crippen molar-refractivity contribution < 1.29 is 13.9 Å². The minimum absolute atomic E-state index is 0.273. The van der Waals surface area contributed by atoms with Crippen molar-refractivity contribution in [2.24, 2.45) is 0 Å². The van der Waals surface area contributed by atoms with Crippen molar-refractivity contribution in [3.8, 4) is 0 Å². The number of nitrogens with one attached hydrogen (secondary N) is 1. The van der Waals surface area contributed by atoms with E-state index in [4.69, 9.17) is 16.3 Å². The molecule has 0 saturated carbocycles. The van der Waals surface area contributed by atoms with Crippen molar-refractivity contribution in [1.29, 1.82) is 0 Å². The number of carbonyl (C=O) groups excluding carboxylic acids is 1. The molecule has 0 radical (unpaired) electrons. The summed E-state index contributed by atoms with van der Waals surface area (Å²) in [6, 6.07) is 9.18. The predicted octanol–water partition coefficient (Wildman–Crippen LogP) is 3.66. The van der Waals surface area contributed by atoms with Gasteiger partial charge in [0.25, 0.3) is 5.91 Å². The lowest BCUT2D eigenvalue weighted by Crippen LogP contribution is -2.28. The summed E-state index contributed by atoms with van der Waals surface area (Å²) >= 11 is 7.27. The molecule has 2 aromatic rings. The maximum absolute atomic E-state index is 13.0. The highest BCUT2D eigenvalue weighted by Gasteiger charge is 2.15. The average molecular weight is 314 g/mol. The van der Waals surface area contributed by atoms with E-state index in [1.165, 1.54) is 29.5 Å². The summed E-state index contributed by atoms with van der Waals surface area (Å²) in [5.74, 6) is -0.778. The topological polar surface area (TPSA) is 38.3 Å². The number of hydrogen-bond donors (Lipinski definition) is 1. The van der Waals surface area contributed by atoms with E-state index in [1.807, 2.05) is 6.07 Å². The third kappa shape index (κ3) is 3.79. The Balaban J connectivity index is 1.98. The van der Waals surface area contributed by atoms with Gasteiger partial charge < -0.3 is 10.1 Å². The maximum Gasteiger partial charge on any atom is 0.251 e. The number of hydrogen-bond acceptors (Lipinski definition) is 3. The van der Waals surface area contributed by atoms with Crippen LogP contribution in [0.5, 0.6) is 0 Å². The van der Waals surface area contributed by atoms with Crippen LogP contribution in [0.4, 0.5) is 4.39 Å². The molecule has 6 heteroatoms.